The Kier molecular flexibility index (Phi) is 4.20. The summed E-state index contributed by atoms with van der Waals surface area (Å²) in [5, 5.41) is 5.12. The third-order valence-electron chi connectivity index (χ3n) is 6.69. The molecule has 0 saturated carbocycles. The summed E-state index contributed by atoms with van der Waals surface area (Å²) < 4.78 is 6.67. The molecule has 144 valence electrons. The van der Waals surface area contributed by atoms with Gasteiger partial charge >= 0.3 is 0 Å². The van der Waals surface area contributed by atoms with Gasteiger partial charge in [-0.05, 0) is 58.2 Å². The van der Waals surface area contributed by atoms with Gasteiger partial charge in [-0.1, -0.05) is 86.7 Å². The van der Waals surface area contributed by atoms with Gasteiger partial charge in [-0.25, -0.2) is 0 Å². The summed E-state index contributed by atoms with van der Waals surface area (Å²) in [5.41, 5.74) is 3.80. The van der Waals surface area contributed by atoms with E-state index in [9.17, 15) is 0 Å². The molecule has 1 aliphatic heterocycles. The lowest BCUT2D eigenvalue weighted by molar-refractivity contribution is 0.152. The van der Waals surface area contributed by atoms with Gasteiger partial charge in [0.1, 0.15) is 11.9 Å². The fourth-order valence-corrected chi connectivity index (χ4v) is 4.91. The zero-order chi connectivity index (χ0) is 20.0. The van der Waals surface area contributed by atoms with Crippen molar-refractivity contribution in [3.8, 4) is 5.75 Å². The molecular weight excluding hydrogens is 352 g/mol. The van der Waals surface area contributed by atoms with Crippen LogP contribution in [0.4, 0.5) is 0 Å². The minimum Gasteiger partial charge on any atom is -0.485 e. The zero-order valence-electron chi connectivity index (χ0n) is 17.3. The second-order valence-corrected chi connectivity index (χ2v) is 8.35. The molecular formula is C28H26O. The van der Waals surface area contributed by atoms with E-state index >= 15 is 0 Å². The number of benzene rings is 4. The molecule has 0 aromatic heterocycles. The standard InChI is InChI=1S/C28H26O/c1-4-28(3,27-19(2)13-14-21-10-6-8-12-23(21)27)26-18-16-24-22-11-7-5-9-20(22)15-17-25(24)29-26/h5-18,26H,4H2,1-3H3. The number of hydrogen-bond acceptors (Lipinski definition) is 1. The SMILES string of the molecule is CCC(C)(c1c(C)ccc2ccccc12)C1C=Cc2c(ccc3ccccc23)O1. The van der Waals surface area contributed by atoms with Gasteiger partial charge in [-0.3, -0.25) is 0 Å². The van der Waals surface area contributed by atoms with E-state index in [1.54, 1.807) is 0 Å². The highest BCUT2D eigenvalue weighted by molar-refractivity contribution is 5.94. The van der Waals surface area contributed by atoms with Crippen LogP contribution in [0.2, 0.25) is 0 Å². The highest BCUT2D eigenvalue weighted by atomic mass is 16.5. The lowest BCUT2D eigenvalue weighted by Crippen LogP contribution is -2.40. The summed E-state index contributed by atoms with van der Waals surface area (Å²) >= 11 is 0. The van der Waals surface area contributed by atoms with Crippen LogP contribution in [0.15, 0.2) is 78.9 Å². The maximum Gasteiger partial charge on any atom is 0.128 e. The van der Waals surface area contributed by atoms with Gasteiger partial charge in [0.2, 0.25) is 0 Å². The van der Waals surface area contributed by atoms with Crippen molar-refractivity contribution in [3.63, 3.8) is 0 Å². The third kappa shape index (κ3) is 2.76. The molecule has 5 rings (SSSR count). The number of aryl methyl sites for hydroxylation is 1. The molecule has 4 aromatic carbocycles. The first-order valence-electron chi connectivity index (χ1n) is 10.5. The quantitative estimate of drug-likeness (QED) is 0.360. The van der Waals surface area contributed by atoms with Crippen molar-refractivity contribution in [2.75, 3.05) is 0 Å². The van der Waals surface area contributed by atoms with Crippen LogP contribution in [0, 0.1) is 6.92 Å². The molecule has 2 unspecified atom stereocenters. The number of rotatable bonds is 3. The fourth-order valence-electron chi connectivity index (χ4n) is 4.91. The summed E-state index contributed by atoms with van der Waals surface area (Å²) in [5.74, 6) is 0.980. The van der Waals surface area contributed by atoms with Gasteiger partial charge in [-0.2, -0.15) is 0 Å². The Labute approximate surface area is 172 Å². The van der Waals surface area contributed by atoms with Crippen molar-refractivity contribution in [3.05, 3.63) is 95.6 Å². The Morgan fingerprint density at radius 2 is 1.48 bits per heavy atom. The molecule has 0 aliphatic carbocycles. The highest BCUT2D eigenvalue weighted by Crippen LogP contribution is 2.43. The Morgan fingerprint density at radius 1 is 0.828 bits per heavy atom. The Balaban J connectivity index is 1.65. The van der Waals surface area contributed by atoms with Crippen molar-refractivity contribution in [2.24, 2.45) is 0 Å². The topological polar surface area (TPSA) is 9.23 Å². The summed E-state index contributed by atoms with van der Waals surface area (Å²) in [6, 6.07) is 26.0. The van der Waals surface area contributed by atoms with Crippen molar-refractivity contribution in [1.29, 1.82) is 0 Å². The molecule has 1 heterocycles. The summed E-state index contributed by atoms with van der Waals surface area (Å²) in [6.45, 7) is 6.85. The van der Waals surface area contributed by atoms with E-state index < -0.39 is 0 Å². The van der Waals surface area contributed by atoms with Crippen LogP contribution in [0.1, 0.15) is 37.0 Å². The Morgan fingerprint density at radius 3 is 2.24 bits per heavy atom. The predicted molar refractivity (Wildman–Crippen MR) is 124 cm³/mol. The molecule has 0 fully saturated rings. The van der Waals surface area contributed by atoms with Crippen molar-refractivity contribution >= 4 is 27.6 Å². The van der Waals surface area contributed by atoms with Gasteiger partial charge in [0, 0.05) is 11.0 Å². The van der Waals surface area contributed by atoms with E-state index in [0.717, 1.165) is 12.2 Å². The normalized spacial score (nSPS) is 17.7. The van der Waals surface area contributed by atoms with E-state index in [0.29, 0.717) is 0 Å². The first-order valence-corrected chi connectivity index (χ1v) is 10.5. The Bertz CT molecular complexity index is 1250. The molecule has 0 radical (unpaired) electrons. The van der Waals surface area contributed by atoms with E-state index in [1.807, 2.05) is 0 Å². The van der Waals surface area contributed by atoms with Crippen molar-refractivity contribution in [2.45, 2.75) is 38.7 Å². The first-order chi connectivity index (χ1) is 14.1. The van der Waals surface area contributed by atoms with Gasteiger partial charge in [-0.15, -0.1) is 0 Å². The van der Waals surface area contributed by atoms with Crippen LogP contribution in [-0.2, 0) is 5.41 Å². The van der Waals surface area contributed by atoms with Gasteiger partial charge < -0.3 is 4.74 Å². The summed E-state index contributed by atoms with van der Waals surface area (Å²) in [7, 11) is 0. The number of ether oxygens (including phenoxy) is 1. The average molecular weight is 379 g/mol. The van der Waals surface area contributed by atoms with Crippen LogP contribution < -0.4 is 4.74 Å². The van der Waals surface area contributed by atoms with Crippen LogP contribution in [0.25, 0.3) is 27.6 Å². The Hall–Kier alpha value is -3.06. The number of hydrogen-bond donors (Lipinski definition) is 0. The largest absolute Gasteiger partial charge is 0.485 e. The molecule has 0 saturated heterocycles. The second-order valence-electron chi connectivity index (χ2n) is 8.35. The maximum atomic E-state index is 6.67. The predicted octanol–water partition coefficient (Wildman–Crippen LogP) is 7.44. The lowest BCUT2D eigenvalue weighted by Gasteiger charge is -2.39. The van der Waals surface area contributed by atoms with E-state index in [1.165, 1.54) is 38.2 Å². The van der Waals surface area contributed by atoms with E-state index in [4.69, 9.17) is 4.74 Å². The molecule has 2 atom stereocenters. The molecule has 0 bridgehead atoms. The minimum atomic E-state index is -0.120. The van der Waals surface area contributed by atoms with Crippen LogP contribution in [0.5, 0.6) is 5.75 Å². The second kappa shape index (κ2) is 6.77. The summed E-state index contributed by atoms with van der Waals surface area (Å²) in [4.78, 5) is 0. The monoisotopic (exact) mass is 378 g/mol. The zero-order valence-corrected chi connectivity index (χ0v) is 17.3. The molecule has 1 aliphatic rings. The molecule has 4 aromatic rings. The third-order valence-corrected chi connectivity index (χ3v) is 6.69. The molecule has 1 nitrogen and oxygen atoms in total. The van der Waals surface area contributed by atoms with Gasteiger partial charge in [0.25, 0.3) is 0 Å². The number of fused-ring (bicyclic) bond motifs is 4. The average Bonchev–Trinajstić information content (AvgIpc) is 2.78. The van der Waals surface area contributed by atoms with Crippen LogP contribution in [0.3, 0.4) is 0 Å². The smallest absolute Gasteiger partial charge is 0.128 e. The lowest BCUT2D eigenvalue weighted by atomic mass is 9.71. The van der Waals surface area contributed by atoms with E-state index in [2.05, 4.69) is 106 Å². The molecule has 1 heteroatoms. The molecule has 0 amide bonds. The minimum absolute atomic E-state index is 0.00864. The van der Waals surface area contributed by atoms with Crippen molar-refractivity contribution in [1.82, 2.24) is 0 Å². The molecule has 29 heavy (non-hydrogen) atoms. The van der Waals surface area contributed by atoms with Crippen LogP contribution >= 0.6 is 0 Å². The van der Waals surface area contributed by atoms with Crippen molar-refractivity contribution < 1.29 is 4.74 Å². The first kappa shape index (κ1) is 18.0. The maximum absolute atomic E-state index is 6.67. The molecule has 0 spiro atoms. The van der Waals surface area contributed by atoms with Gasteiger partial charge in [0.15, 0.2) is 0 Å². The highest BCUT2D eigenvalue weighted by Gasteiger charge is 2.38. The van der Waals surface area contributed by atoms with Crippen LogP contribution in [-0.4, -0.2) is 6.10 Å². The molecule has 0 N–H and O–H groups in total. The summed E-state index contributed by atoms with van der Waals surface area (Å²) in [6.07, 6.45) is 5.52. The van der Waals surface area contributed by atoms with Gasteiger partial charge in [0.05, 0.1) is 0 Å². The fraction of sp³-hybridized carbons (Fsp3) is 0.214. The van der Waals surface area contributed by atoms with E-state index in [-0.39, 0.29) is 11.5 Å².